The Bertz CT molecular complexity index is 612. The molecule has 0 radical (unpaired) electrons. The zero-order valence-electron chi connectivity index (χ0n) is 13.5. The second-order valence-corrected chi connectivity index (χ2v) is 6.64. The smallest absolute Gasteiger partial charge is 0.223 e. The fourth-order valence-electron chi connectivity index (χ4n) is 3.26. The van der Waals surface area contributed by atoms with Crippen LogP contribution in [0.3, 0.4) is 0 Å². The summed E-state index contributed by atoms with van der Waals surface area (Å²) in [5.41, 5.74) is 1.56. The van der Waals surface area contributed by atoms with Gasteiger partial charge in [0.25, 0.3) is 0 Å². The minimum absolute atomic E-state index is 0.0513. The number of rotatable bonds is 4. The lowest BCUT2D eigenvalue weighted by Crippen LogP contribution is -2.34. The molecule has 1 atom stereocenters. The third-order valence-corrected chi connectivity index (χ3v) is 4.59. The highest BCUT2D eigenvalue weighted by Gasteiger charge is 2.34. The fraction of sp³-hybridized carbons (Fsp3) is 0.350. The molecule has 23 heavy (non-hydrogen) atoms. The van der Waals surface area contributed by atoms with Gasteiger partial charge in [0.1, 0.15) is 0 Å². The van der Waals surface area contributed by atoms with Gasteiger partial charge in [-0.25, -0.2) is 0 Å². The quantitative estimate of drug-likeness (QED) is 0.942. The average molecular weight is 309 g/mol. The number of hydrogen-bond donors (Lipinski definition) is 1. The molecule has 1 saturated heterocycles. The molecule has 2 aromatic carbocycles. The summed E-state index contributed by atoms with van der Waals surface area (Å²) in [6.45, 7) is 2.87. The van der Waals surface area contributed by atoms with Crippen molar-refractivity contribution in [2.24, 2.45) is 0 Å². The first-order valence-corrected chi connectivity index (χ1v) is 8.15. The Morgan fingerprint density at radius 2 is 1.61 bits per heavy atom. The molecule has 0 aliphatic carbocycles. The maximum absolute atomic E-state index is 12.7. The number of hydrogen-bond acceptors (Lipinski definition) is 2. The molecule has 1 heterocycles. The number of carbonyl (C=O) groups is 1. The number of nitrogens with zero attached hydrogens (tertiary/aromatic N) is 1. The normalized spacial score (nSPS) is 20.9. The van der Waals surface area contributed by atoms with Crippen LogP contribution in [-0.4, -0.2) is 34.6 Å². The van der Waals surface area contributed by atoms with E-state index in [1.807, 2.05) is 36.4 Å². The van der Waals surface area contributed by atoms with Gasteiger partial charge in [0, 0.05) is 25.4 Å². The minimum Gasteiger partial charge on any atom is -0.388 e. The van der Waals surface area contributed by atoms with Gasteiger partial charge in [0.05, 0.1) is 5.60 Å². The molecule has 1 unspecified atom stereocenters. The van der Waals surface area contributed by atoms with E-state index in [1.165, 1.54) is 0 Å². The van der Waals surface area contributed by atoms with Gasteiger partial charge in [-0.3, -0.25) is 4.79 Å². The largest absolute Gasteiger partial charge is 0.388 e. The van der Waals surface area contributed by atoms with Crippen molar-refractivity contribution in [3.8, 4) is 0 Å². The van der Waals surface area contributed by atoms with Crippen LogP contribution in [0.25, 0.3) is 0 Å². The van der Waals surface area contributed by atoms with E-state index in [1.54, 1.807) is 11.8 Å². The van der Waals surface area contributed by atoms with Crippen LogP contribution in [0.1, 0.15) is 36.8 Å². The van der Waals surface area contributed by atoms with Crippen molar-refractivity contribution in [3.63, 3.8) is 0 Å². The predicted octanol–water partition coefficient (Wildman–Crippen LogP) is 3.19. The first-order valence-electron chi connectivity index (χ1n) is 8.15. The molecule has 3 nitrogen and oxygen atoms in total. The highest BCUT2D eigenvalue weighted by molar-refractivity contribution is 5.78. The Morgan fingerprint density at radius 3 is 2.04 bits per heavy atom. The number of β-amino-alcohol motifs (C(OH)–C–C–N with tert-alkyl or cyclic N) is 1. The Labute approximate surface area is 137 Å². The van der Waals surface area contributed by atoms with E-state index >= 15 is 0 Å². The SMILES string of the molecule is CC1(O)CCN(C(=O)CC(c2ccccc2)c2ccccc2)C1. The first-order chi connectivity index (χ1) is 11.1. The van der Waals surface area contributed by atoms with Crippen LogP contribution >= 0.6 is 0 Å². The fourth-order valence-corrected chi connectivity index (χ4v) is 3.26. The lowest BCUT2D eigenvalue weighted by molar-refractivity contribution is -0.131. The van der Waals surface area contributed by atoms with Crippen molar-refractivity contribution >= 4 is 5.91 Å². The van der Waals surface area contributed by atoms with Gasteiger partial charge in [-0.05, 0) is 24.5 Å². The van der Waals surface area contributed by atoms with E-state index in [9.17, 15) is 9.90 Å². The lowest BCUT2D eigenvalue weighted by atomic mass is 9.88. The Hall–Kier alpha value is -2.13. The molecule has 0 spiro atoms. The molecular weight excluding hydrogens is 286 g/mol. The standard InChI is InChI=1S/C20H23NO2/c1-20(23)12-13-21(15-20)19(22)14-18(16-8-4-2-5-9-16)17-10-6-3-7-11-17/h2-11,18,23H,12-15H2,1H3. The number of likely N-dealkylation sites (tertiary alicyclic amines) is 1. The van der Waals surface area contributed by atoms with Crippen molar-refractivity contribution in [2.45, 2.75) is 31.3 Å². The molecule has 1 aliphatic rings. The minimum atomic E-state index is -0.745. The zero-order chi connectivity index (χ0) is 16.3. The molecule has 0 saturated carbocycles. The third kappa shape index (κ3) is 3.80. The van der Waals surface area contributed by atoms with Crippen LogP contribution in [0.2, 0.25) is 0 Å². The maximum Gasteiger partial charge on any atom is 0.223 e. The van der Waals surface area contributed by atoms with Gasteiger partial charge in [0.2, 0.25) is 5.91 Å². The Morgan fingerprint density at radius 1 is 1.09 bits per heavy atom. The van der Waals surface area contributed by atoms with Gasteiger partial charge in [-0.2, -0.15) is 0 Å². The zero-order valence-corrected chi connectivity index (χ0v) is 13.5. The summed E-state index contributed by atoms with van der Waals surface area (Å²) in [6.07, 6.45) is 1.09. The third-order valence-electron chi connectivity index (χ3n) is 4.59. The Balaban J connectivity index is 1.81. The van der Waals surface area contributed by atoms with Gasteiger partial charge in [-0.1, -0.05) is 60.7 Å². The molecular formula is C20H23NO2. The predicted molar refractivity (Wildman–Crippen MR) is 91.2 cm³/mol. The second kappa shape index (κ2) is 6.55. The van der Waals surface area contributed by atoms with Crippen LogP contribution in [-0.2, 0) is 4.79 Å². The highest BCUT2D eigenvalue weighted by atomic mass is 16.3. The molecule has 2 aromatic rings. The van der Waals surface area contributed by atoms with Gasteiger partial charge in [-0.15, -0.1) is 0 Å². The summed E-state index contributed by atoms with van der Waals surface area (Å²) in [4.78, 5) is 14.5. The van der Waals surface area contributed by atoms with E-state index in [-0.39, 0.29) is 11.8 Å². The molecule has 1 fully saturated rings. The van der Waals surface area contributed by atoms with Crippen molar-refractivity contribution in [2.75, 3.05) is 13.1 Å². The van der Waals surface area contributed by atoms with Crippen LogP contribution in [0.5, 0.6) is 0 Å². The first kappa shape index (κ1) is 15.8. The van der Waals surface area contributed by atoms with Crippen LogP contribution < -0.4 is 0 Å². The maximum atomic E-state index is 12.7. The molecule has 0 bridgehead atoms. The second-order valence-electron chi connectivity index (χ2n) is 6.64. The highest BCUT2D eigenvalue weighted by Crippen LogP contribution is 2.30. The Kier molecular flexibility index (Phi) is 4.49. The van der Waals surface area contributed by atoms with E-state index in [2.05, 4.69) is 24.3 Å². The number of carbonyl (C=O) groups excluding carboxylic acids is 1. The summed E-state index contributed by atoms with van der Waals surface area (Å²) in [7, 11) is 0. The van der Waals surface area contributed by atoms with Gasteiger partial charge >= 0.3 is 0 Å². The summed E-state index contributed by atoms with van der Waals surface area (Å²) < 4.78 is 0. The number of amides is 1. The summed E-state index contributed by atoms with van der Waals surface area (Å²) in [5.74, 6) is 0.163. The van der Waals surface area contributed by atoms with Crippen LogP contribution in [0.4, 0.5) is 0 Å². The van der Waals surface area contributed by atoms with Crippen molar-refractivity contribution in [1.82, 2.24) is 4.90 Å². The van der Waals surface area contributed by atoms with Gasteiger partial charge < -0.3 is 10.0 Å². The molecule has 1 amide bonds. The average Bonchev–Trinajstić information content (AvgIpc) is 2.94. The molecule has 1 aliphatic heterocycles. The summed E-state index contributed by atoms with van der Waals surface area (Å²) in [5, 5.41) is 10.1. The summed E-state index contributed by atoms with van der Waals surface area (Å²) >= 11 is 0. The topological polar surface area (TPSA) is 40.5 Å². The van der Waals surface area contributed by atoms with Crippen molar-refractivity contribution < 1.29 is 9.90 Å². The number of aliphatic hydroxyl groups is 1. The monoisotopic (exact) mass is 309 g/mol. The molecule has 3 rings (SSSR count). The summed E-state index contributed by atoms with van der Waals surface area (Å²) in [6, 6.07) is 20.3. The number of benzene rings is 2. The molecule has 0 aromatic heterocycles. The lowest BCUT2D eigenvalue weighted by Gasteiger charge is -2.23. The van der Waals surface area contributed by atoms with E-state index in [0.717, 1.165) is 11.1 Å². The van der Waals surface area contributed by atoms with Crippen LogP contribution in [0, 0.1) is 0 Å². The molecule has 120 valence electrons. The van der Waals surface area contributed by atoms with Crippen molar-refractivity contribution in [3.05, 3.63) is 71.8 Å². The van der Waals surface area contributed by atoms with E-state index in [0.29, 0.717) is 25.9 Å². The van der Waals surface area contributed by atoms with Crippen molar-refractivity contribution in [1.29, 1.82) is 0 Å². The van der Waals surface area contributed by atoms with E-state index < -0.39 is 5.60 Å². The molecule has 3 heteroatoms. The molecule has 1 N–H and O–H groups in total. The van der Waals surface area contributed by atoms with Gasteiger partial charge in [0.15, 0.2) is 0 Å². The van der Waals surface area contributed by atoms with Crippen LogP contribution in [0.15, 0.2) is 60.7 Å². The van der Waals surface area contributed by atoms with E-state index in [4.69, 9.17) is 0 Å².